The molecule has 0 radical (unpaired) electrons. The molecule has 0 saturated carbocycles. The molecule has 3 N–H and O–H groups in total. The zero-order valence-corrected chi connectivity index (χ0v) is 14.7. The minimum Gasteiger partial charge on any atom is -0.420 e. The predicted molar refractivity (Wildman–Crippen MR) is 95.7 cm³/mol. The molecule has 1 aliphatic rings. The Bertz CT molecular complexity index is 1070. The van der Waals surface area contributed by atoms with Crippen LogP contribution >= 0.6 is 0 Å². The Morgan fingerprint density at radius 1 is 1.19 bits per heavy atom. The topological polar surface area (TPSA) is 106 Å². The van der Waals surface area contributed by atoms with E-state index in [9.17, 15) is 5.26 Å². The Hall–Kier alpha value is -3.53. The largest absolute Gasteiger partial charge is 0.420 e. The third-order valence-corrected chi connectivity index (χ3v) is 4.77. The number of ether oxygens (including phenoxy) is 1. The number of nitrogens with one attached hydrogen (secondary N) is 1. The molecule has 1 aromatic carbocycles. The molecule has 0 amide bonds. The second kappa shape index (κ2) is 5.77. The Morgan fingerprint density at radius 3 is 2.62 bits per heavy atom. The molecule has 0 spiro atoms. The molecule has 3 aromatic rings. The van der Waals surface area contributed by atoms with Crippen LogP contribution in [0.3, 0.4) is 0 Å². The van der Waals surface area contributed by atoms with E-state index in [0.717, 1.165) is 33.9 Å². The normalized spacial score (nSPS) is 16.2. The van der Waals surface area contributed by atoms with Gasteiger partial charge in [0.1, 0.15) is 11.6 Å². The van der Waals surface area contributed by atoms with E-state index in [2.05, 4.69) is 16.3 Å². The number of hydrogen-bond acceptors (Lipinski definition) is 5. The third-order valence-electron chi connectivity index (χ3n) is 4.77. The van der Waals surface area contributed by atoms with Gasteiger partial charge in [0.05, 0.1) is 17.3 Å². The summed E-state index contributed by atoms with van der Waals surface area (Å²) in [7, 11) is 0. The van der Waals surface area contributed by atoms with Crippen LogP contribution < -0.4 is 10.5 Å². The van der Waals surface area contributed by atoms with E-state index in [4.69, 9.17) is 15.6 Å². The van der Waals surface area contributed by atoms with E-state index in [1.54, 1.807) is 0 Å². The standard InChI is InChI=1S/C19H18N6O/c1-10-16-17(14(9-20)18(21)26-19(16)23-22-10)15-11(2)24-25(12(15)3)13-7-5-4-6-8-13/h4-8,17H,21H2,1-3H3,(H,22,23)/t17-/m0/s1. The van der Waals surface area contributed by atoms with Gasteiger partial charge in [0.2, 0.25) is 11.8 Å². The van der Waals surface area contributed by atoms with Crippen molar-refractivity contribution < 1.29 is 4.74 Å². The Kier molecular flexibility index (Phi) is 3.55. The molecule has 1 atom stereocenters. The average Bonchev–Trinajstić information content (AvgIpc) is 3.14. The first-order chi connectivity index (χ1) is 12.5. The van der Waals surface area contributed by atoms with Crippen molar-refractivity contribution in [2.45, 2.75) is 26.7 Å². The van der Waals surface area contributed by atoms with Gasteiger partial charge in [-0.15, -0.1) is 5.10 Å². The monoisotopic (exact) mass is 346 g/mol. The van der Waals surface area contributed by atoms with Crippen LogP contribution in [-0.4, -0.2) is 20.0 Å². The minimum absolute atomic E-state index is 0.0859. The summed E-state index contributed by atoms with van der Waals surface area (Å²) in [5.41, 5.74) is 11.8. The van der Waals surface area contributed by atoms with Crippen molar-refractivity contribution in [3.8, 4) is 17.6 Å². The van der Waals surface area contributed by atoms with Crippen molar-refractivity contribution in [1.82, 2.24) is 20.0 Å². The fourth-order valence-corrected chi connectivity index (χ4v) is 3.58. The van der Waals surface area contributed by atoms with Crippen molar-refractivity contribution in [2.24, 2.45) is 5.73 Å². The highest BCUT2D eigenvalue weighted by atomic mass is 16.5. The highest BCUT2D eigenvalue weighted by Crippen LogP contribution is 2.44. The lowest BCUT2D eigenvalue weighted by molar-refractivity contribution is 0.378. The van der Waals surface area contributed by atoms with E-state index in [1.165, 1.54) is 0 Å². The van der Waals surface area contributed by atoms with Crippen LogP contribution in [0.2, 0.25) is 0 Å². The number of aromatic nitrogens is 4. The summed E-state index contributed by atoms with van der Waals surface area (Å²) >= 11 is 0. The van der Waals surface area contributed by atoms with Crippen LogP contribution in [0.15, 0.2) is 41.8 Å². The molecule has 7 nitrogen and oxygen atoms in total. The number of H-pyrrole nitrogens is 1. The lowest BCUT2D eigenvalue weighted by atomic mass is 9.83. The van der Waals surface area contributed by atoms with E-state index in [-0.39, 0.29) is 11.8 Å². The first-order valence-electron chi connectivity index (χ1n) is 8.27. The number of rotatable bonds is 2. The van der Waals surface area contributed by atoms with E-state index in [0.29, 0.717) is 11.5 Å². The number of benzene rings is 1. The SMILES string of the molecule is Cc1nn(-c2ccccc2)c(C)c1[C@@H]1C(C#N)=C(N)Oc2n[nH]c(C)c21. The molecule has 130 valence electrons. The summed E-state index contributed by atoms with van der Waals surface area (Å²) in [6.07, 6.45) is 0. The lowest BCUT2D eigenvalue weighted by Gasteiger charge is -2.23. The van der Waals surface area contributed by atoms with Gasteiger partial charge in [-0.3, -0.25) is 5.10 Å². The average molecular weight is 346 g/mol. The third kappa shape index (κ3) is 2.19. The van der Waals surface area contributed by atoms with Gasteiger partial charge in [-0.05, 0) is 32.9 Å². The smallest absolute Gasteiger partial charge is 0.244 e. The molecular weight excluding hydrogens is 328 g/mol. The molecule has 4 rings (SSSR count). The molecule has 7 heteroatoms. The van der Waals surface area contributed by atoms with Gasteiger partial charge >= 0.3 is 0 Å². The summed E-state index contributed by atoms with van der Waals surface area (Å²) < 4.78 is 7.43. The number of aryl methyl sites for hydroxylation is 2. The highest BCUT2D eigenvalue weighted by molar-refractivity contribution is 5.57. The minimum atomic E-state index is -0.361. The van der Waals surface area contributed by atoms with Crippen molar-refractivity contribution in [3.63, 3.8) is 0 Å². The van der Waals surface area contributed by atoms with Crippen LogP contribution in [0.4, 0.5) is 0 Å². The second-order valence-corrected chi connectivity index (χ2v) is 6.32. The summed E-state index contributed by atoms with van der Waals surface area (Å²) in [5, 5.41) is 21.5. The van der Waals surface area contributed by atoms with E-state index in [1.807, 2.05) is 55.8 Å². The van der Waals surface area contributed by atoms with Crippen LogP contribution in [-0.2, 0) is 0 Å². The molecular formula is C19H18N6O. The number of nitriles is 1. The van der Waals surface area contributed by atoms with Gasteiger partial charge < -0.3 is 10.5 Å². The number of allylic oxidation sites excluding steroid dienone is 1. The molecule has 3 heterocycles. The summed E-state index contributed by atoms with van der Waals surface area (Å²) in [4.78, 5) is 0. The van der Waals surface area contributed by atoms with Gasteiger partial charge in [0.25, 0.3) is 0 Å². The molecule has 0 fully saturated rings. The predicted octanol–water partition coefficient (Wildman–Crippen LogP) is 2.74. The maximum absolute atomic E-state index is 9.73. The van der Waals surface area contributed by atoms with Crippen molar-refractivity contribution >= 4 is 0 Å². The quantitative estimate of drug-likeness (QED) is 0.742. The summed E-state index contributed by atoms with van der Waals surface area (Å²) in [6.45, 7) is 5.85. The Labute approximate surface area is 150 Å². The number of nitrogens with zero attached hydrogens (tertiary/aromatic N) is 4. The molecule has 0 unspecified atom stereocenters. The van der Waals surface area contributed by atoms with E-state index >= 15 is 0 Å². The molecule has 0 aliphatic carbocycles. The maximum atomic E-state index is 9.73. The Balaban J connectivity index is 1.97. The number of para-hydroxylation sites is 1. The first kappa shape index (κ1) is 16.0. The maximum Gasteiger partial charge on any atom is 0.244 e. The van der Waals surface area contributed by atoms with Gasteiger partial charge in [0, 0.05) is 22.5 Å². The number of nitrogens with two attached hydrogens (primary N) is 1. The van der Waals surface area contributed by atoms with Crippen LogP contribution in [0.5, 0.6) is 5.88 Å². The highest BCUT2D eigenvalue weighted by Gasteiger charge is 2.37. The van der Waals surface area contributed by atoms with Crippen LogP contribution in [0.1, 0.15) is 34.1 Å². The lowest BCUT2D eigenvalue weighted by Crippen LogP contribution is -2.21. The zero-order valence-electron chi connectivity index (χ0n) is 14.7. The van der Waals surface area contributed by atoms with Gasteiger partial charge in [-0.25, -0.2) is 4.68 Å². The number of hydrogen-bond donors (Lipinski definition) is 2. The first-order valence-corrected chi connectivity index (χ1v) is 8.27. The fourth-order valence-electron chi connectivity index (χ4n) is 3.58. The van der Waals surface area contributed by atoms with Gasteiger partial charge in [-0.1, -0.05) is 18.2 Å². The Morgan fingerprint density at radius 2 is 1.92 bits per heavy atom. The van der Waals surface area contributed by atoms with E-state index < -0.39 is 0 Å². The van der Waals surface area contributed by atoms with Gasteiger partial charge in [0.15, 0.2) is 0 Å². The van der Waals surface area contributed by atoms with Crippen LogP contribution in [0.25, 0.3) is 5.69 Å². The molecule has 26 heavy (non-hydrogen) atoms. The van der Waals surface area contributed by atoms with Gasteiger partial charge in [-0.2, -0.15) is 10.4 Å². The second-order valence-electron chi connectivity index (χ2n) is 6.32. The molecule has 0 saturated heterocycles. The number of aromatic amines is 1. The van der Waals surface area contributed by atoms with Crippen molar-refractivity contribution in [3.05, 3.63) is 70.0 Å². The zero-order chi connectivity index (χ0) is 18.4. The molecule has 2 aromatic heterocycles. The van der Waals surface area contributed by atoms with Crippen molar-refractivity contribution in [1.29, 1.82) is 5.26 Å². The number of fused-ring (bicyclic) bond motifs is 1. The van der Waals surface area contributed by atoms with Crippen molar-refractivity contribution in [2.75, 3.05) is 0 Å². The summed E-state index contributed by atoms with van der Waals surface area (Å²) in [5.74, 6) is 0.137. The summed E-state index contributed by atoms with van der Waals surface area (Å²) in [6, 6.07) is 12.1. The van der Waals surface area contributed by atoms with Crippen LogP contribution in [0, 0.1) is 32.1 Å². The molecule has 0 bridgehead atoms. The fraction of sp³-hybridized carbons (Fsp3) is 0.211. The molecule has 1 aliphatic heterocycles.